The molecule has 0 radical (unpaired) electrons. The van der Waals surface area contributed by atoms with E-state index in [1.807, 2.05) is 19.1 Å². The minimum atomic E-state index is -3.79. The molecule has 7 nitrogen and oxygen atoms in total. The molecule has 0 fully saturated rings. The number of sulfonamides is 1. The van der Waals surface area contributed by atoms with Crippen molar-refractivity contribution in [3.63, 3.8) is 0 Å². The molecular weight excluding hydrogens is 426 g/mol. The Kier molecular flexibility index (Phi) is 8.16. The Morgan fingerprint density at radius 1 is 1.00 bits per heavy atom. The summed E-state index contributed by atoms with van der Waals surface area (Å²) in [6.07, 6.45) is 4.48. The van der Waals surface area contributed by atoms with Crippen LogP contribution in [0.1, 0.15) is 61.4 Å². The van der Waals surface area contributed by atoms with Gasteiger partial charge in [-0.3, -0.25) is 19.3 Å². The summed E-state index contributed by atoms with van der Waals surface area (Å²) in [5.74, 6) is 0.0223. The fourth-order valence-electron chi connectivity index (χ4n) is 3.43. The van der Waals surface area contributed by atoms with Crippen molar-refractivity contribution in [2.75, 3.05) is 11.9 Å². The van der Waals surface area contributed by atoms with Gasteiger partial charge in [-0.1, -0.05) is 43.7 Å². The van der Waals surface area contributed by atoms with E-state index in [9.17, 15) is 18.0 Å². The van der Waals surface area contributed by atoms with Crippen LogP contribution < -0.4 is 10.0 Å². The maximum atomic E-state index is 12.7. The molecule has 3 rings (SSSR count). The molecule has 1 heterocycles. The van der Waals surface area contributed by atoms with Crippen molar-refractivity contribution in [2.24, 2.45) is 4.99 Å². The Bertz CT molecular complexity index is 1090. The summed E-state index contributed by atoms with van der Waals surface area (Å²) in [7, 11) is -3.79. The zero-order valence-corrected chi connectivity index (χ0v) is 19.1. The normalized spacial score (nSPS) is 14.2. The molecule has 0 aliphatic carbocycles. The molecule has 1 amide bonds. The van der Waals surface area contributed by atoms with Crippen LogP contribution in [-0.2, 0) is 21.2 Å². The monoisotopic (exact) mass is 455 g/mol. The van der Waals surface area contributed by atoms with E-state index in [-0.39, 0.29) is 29.4 Å². The number of carbonyl (C=O) groups excluding carboxylic acids is 2. The van der Waals surface area contributed by atoms with E-state index in [4.69, 9.17) is 0 Å². The summed E-state index contributed by atoms with van der Waals surface area (Å²) >= 11 is 0. The number of ketones is 1. The predicted octanol–water partition coefficient (Wildman–Crippen LogP) is 4.10. The number of nitrogens with zero attached hydrogens (tertiary/aromatic N) is 1. The molecule has 32 heavy (non-hydrogen) atoms. The SMILES string of the molecule is CCc1ccc(C(=O)CCC(=O)Nc2cccc(S(=O)(=O)NC3=NCCCCC3)c2)cc1. The lowest BCUT2D eigenvalue weighted by Gasteiger charge is -2.11. The molecule has 1 aliphatic rings. The van der Waals surface area contributed by atoms with Crippen molar-refractivity contribution in [1.82, 2.24) is 4.72 Å². The number of amides is 1. The average molecular weight is 456 g/mol. The van der Waals surface area contributed by atoms with Gasteiger partial charge in [0.25, 0.3) is 10.0 Å². The van der Waals surface area contributed by atoms with E-state index < -0.39 is 10.0 Å². The highest BCUT2D eigenvalue weighted by atomic mass is 32.2. The maximum Gasteiger partial charge on any atom is 0.262 e. The standard InChI is InChI=1S/C24H29N3O4S/c1-2-18-10-12-19(13-11-18)22(28)14-15-24(29)26-20-7-6-8-21(17-20)32(30,31)27-23-9-4-3-5-16-25-23/h6-8,10-13,17H,2-5,9,14-16H2,1H3,(H,25,27)(H,26,29). The molecule has 2 aromatic rings. The Morgan fingerprint density at radius 2 is 1.78 bits per heavy atom. The lowest BCUT2D eigenvalue weighted by molar-refractivity contribution is -0.116. The summed E-state index contributed by atoms with van der Waals surface area (Å²) < 4.78 is 28.0. The highest BCUT2D eigenvalue weighted by Crippen LogP contribution is 2.17. The summed E-state index contributed by atoms with van der Waals surface area (Å²) in [5.41, 5.74) is 2.09. The van der Waals surface area contributed by atoms with Gasteiger partial charge in [-0.15, -0.1) is 0 Å². The minimum Gasteiger partial charge on any atom is -0.326 e. The zero-order chi connectivity index (χ0) is 23.0. The van der Waals surface area contributed by atoms with Crippen molar-refractivity contribution >= 4 is 33.2 Å². The molecule has 0 saturated carbocycles. The molecule has 8 heteroatoms. The summed E-state index contributed by atoms with van der Waals surface area (Å²) in [5, 5.41) is 2.68. The number of anilines is 1. The van der Waals surface area contributed by atoms with Crippen LogP contribution in [0.2, 0.25) is 0 Å². The number of nitrogens with one attached hydrogen (secondary N) is 2. The van der Waals surface area contributed by atoms with Crippen LogP contribution in [0.15, 0.2) is 58.4 Å². The first-order valence-corrected chi connectivity index (χ1v) is 12.4. The van der Waals surface area contributed by atoms with Gasteiger partial charge in [-0.2, -0.15) is 0 Å². The smallest absolute Gasteiger partial charge is 0.262 e. The number of hydrogen-bond donors (Lipinski definition) is 2. The van der Waals surface area contributed by atoms with Crippen LogP contribution in [0, 0.1) is 0 Å². The molecule has 2 N–H and O–H groups in total. The van der Waals surface area contributed by atoms with Crippen LogP contribution >= 0.6 is 0 Å². The average Bonchev–Trinajstić information content (AvgIpc) is 3.06. The van der Waals surface area contributed by atoms with E-state index in [0.29, 0.717) is 30.1 Å². The van der Waals surface area contributed by atoms with E-state index in [2.05, 4.69) is 15.0 Å². The van der Waals surface area contributed by atoms with E-state index in [1.165, 1.54) is 12.1 Å². The summed E-state index contributed by atoms with van der Waals surface area (Å²) in [6.45, 7) is 2.66. The van der Waals surface area contributed by atoms with Gasteiger partial charge >= 0.3 is 0 Å². The first kappa shape index (κ1) is 23.7. The van der Waals surface area contributed by atoms with Crippen molar-refractivity contribution in [3.05, 3.63) is 59.7 Å². The second-order valence-corrected chi connectivity index (χ2v) is 9.48. The van der Waals surface area contributed by atoms with Crippen LogP contribution in [0.3, 0.4) is 0 Å². The number of hydrogen-bond acceptors (Lipinski definition) is 5. The lowest BCUT2D eigenvalue weighted by Crippen LogP contribution is -2.30. The third kappa shape index (κ3) is 6.75. The number of aliphatic imine (C=N–C) groups is 1. The Balaban J connectivity index is 1.57. The predicted molar refractivity (Wildman–Crippen MR) is 126 cm³/mol. The quantitative estimate of drug-likeness (QED) is 0.585. The van der Waals surface area contributed by atoms with Gasteiger partial charge in [-0.05, 0) is 43.0 Å². The van der Waals surface area contributed by atoms with E-state index in [1.54, 1.807) is 24.3 Å². The molecule has 0 bridgehead atoms. The Hall–Kier alpha value is -3.00. The third-order valence-electron chi connectivity index (χ3n) is 5.32. The fourth-order valence-corrected chi connectivity index (χ4v) is 4.57. The zero-order valence-electron chi connectivity index (χ0n) is 18.3. The van der Waals surface area contributed by atoms with Crippen LogP contribution in [-0.4, -0.2) is 32.5 Å². The van der Waals surface area contributed by atoms with Gasteiger partial charge in [0.15, 0.2) is 5.78 Å². The first-order valence-electron chi connectivity index (χ1n) is 11.0. The molecule has 0 saturated heterocycles. The molecule has 1 aliphatic heterocycles. The van der Waals surface area contributed by atoms with Crippen molar-refractivity contribution in [1.29, 1.82) is 0 Å². The Labute approximate surface area is 189 Å². The number of Topliss-reactive ketones (excluding diaryl/α,β-unsaturated/α-hetero) is 1. The van der Waals surface area contributed by atoms with E-state index >= 15 is 0 Å². The second-order valence-electron chi connectivity index (χ2n) is 7.79. The molecule has 0 atom stereocenters. The summed E-state index contributed by atoms with van der Waals surface area (Å²) in [6, 6.07) is 13.4. The molecule has 0 spiro atoms. The van der Waals surface area contributed by atoms with Gasteiger partial charge in [0.1, 0.15) is 5.84 Å². The lowest BCUT2D eigenvalue weighted by atomic mass is 10.0. The molecule has 0 unspecified atom stereocenters. The second kappa shape index (κ2) is 11.0. The number of benzene rings is 2. The van der Waals surface area contributed by atoms with Crippen molar-refractivity contribution in [3.8, 4) is 0 Å². The number of carbonyl (C=O) groups is 2. The fraction of sp³-hybridized carbons (Fsp3) is 0.375. The first-order chi connectivity index (χ1) is 15.4. The van der Waals surface area contributed by atoms with Crippen LogP contribution in [0.4, 0.5) is 5.69 Å². The largest absolute Gasteiger partial charge is 0.326 e. The molecular formula is C24H29N3O4S. The van der Waals surface area contributed by atoms with Gasteiger partial charge in [-0.25, -0.2) is 8.42 Å². The summed E-state index contributed by atoms with van der Waals surface area (Å²) in [4.78, 5) is 29.0. The third-order valence-corrected chi connectivity index (χ3v) is 6.70. The van der Waals surface area contributed by atoms with Gasteiger partial charge in [0.05, 0.1) is 4.90 Å². The number of rotatable bonds is 8. The minimum absolute atomic E-state index is 0.0143. The molecule has 2 aromatic carbocycles. The highest BCUT2D eigenvalue weighted by molar-refractivity contribution is 7.90. The Morgan fingerprint density at radius 3 is 2.53 bits per heavy atom. The number of amidine groups is 1. The molecule has 170 valence electrons. The van der Waals surface area contributed by atoms with Gasteiger partial charge < -0.3 is 5.32 Å². The van der Waals surface area contributed by atoms with Gasteiger partial charge in [0.2, 0.25) is 5.91 Å². The maximum absolute atomic E-state index is 12.7. The van der Waals surface area contributed by atoms with Crippen LogP contribution in [0.5, 0.6) is 0 Å². The van der Waals surface area contributed by atoms with Crippen molar-refractivity contribution < 1.29 is 18.0 Å². The number of aryl methyl sites for hydroxylation is 1. The highest BCUT2D eigenvalue weighted by Gasteiger charge is 2.18. The van der Waals surface area contributed by atoms with Gasteiger partial charge in [0, 0.05) is 37.1 Å². The van der Waals surface area contributed by atoms with Crippen molar-refractivity contribution in [2.45, 2.75) is 56.8 Å². The topological polar surface area (TPSA) is 105 Å². The van der Waals surface area contributed by atoms with E-state index in [0.717, 1.165) is 31.2 Å². The molecule has 0 aromatic heterocycles. The van der Waals surface area contributed by atoms with Crippen LogP contribution in [0.25, 0.3) is 0 Å².